The van der Waals surface area contributed by atoms with Gasteiger partial charge in [0.25, 0.3) is 5.91 Å². The highest BCUT2D eigenvalue weighted by atomic mass is 35.5. The average Bonchev–Trinajstić information content (AvgIpc) is 3.38. The first-order valence-corrected chi connectivity index (χ1v) is 9.70. The highest BCUT2D eigenvalue weighted by molar-refractivity contribution is 6.33. The van der Waals surface area contributed by atoms with Gasteiger partial charge in [-0.2, -0.15) is 14.9 Å². The molecule has 3 aromatic heterocycles. The Labute approximate surface area is 180 Å². The molecular formula is C19H14ClN9O2. The van der Waals surface area contributed by atoms with E-state index in [4.69, 9.17) is 16.9 Å². The number of hydrogen-bond acceptors (Lipinski definition) is 8. The van der Waals surface area contributed by atoms with Gasteiger partial charge in [0, 0.05) is 23.9 Å². The number of carbonyl (C=O) groups excluding carboxylic acids is 2. The van der Waals surface area contributed by atoms with Crippen LogP contribution < -0.4 is 21.3 Å². The van der Waals surface area contributed by atoms with Gasteiger partial charge in [-0.25, -0.2) is 14.8 Å². The second-order valence-electron chi connectivity index (χ2n) is 7.04. The summed E-state index contributed by atoms with van der Waals surface area (Å²) in [4.78, 5) is 32.0. The first-order valence-electron chi connectivity index (χ1n) is 9.32. The molecule has 5 rings (SSSR count). The molecule has 1 aliphatic heterocycles. The summed E-state index contributed by atoms with van der Waals surface area (Å²) in [6, 6.07) is 5.03. The fourth-order valence-corrected chi connectivity index (χ4v) is 3.25. The van der Waals surface area contributed by atoms with E-state index in [0.717, 1.165) is 12.8 Å². The number of imide groups is 1. The van der Waals surface area contributed by atoms with Gasteiger partial charge in [-0.05, 0) is 25.0 Å². The van der Waals surface area contributed by atoms with Crippen LogP contribution in [0.2, 0.25) is 5.02 Å². The molecule has 11 nitrogen and oxygen atoms in total. The van der Waals surface area contributed by atoms with Crippen LogP contribution in [0.3, 0.4) is 0 Å². The second-order valence-corrected chi connectivity index (χ2v) is 7.45. The minimum absolute atomic E-state index is 0.105. The first kappa shape index (κ1) is 18.8. The number of anilines is 3. The number of carbonyl (C=O) groups is 2. The van der Waals surface area contributed by atoms with Crippen molar-refractivity contribution in [2.24, 2.45) is 0 Å². The number of amides is 3. The van der Waals surface area contributed by atoms with Crippen LogP contribution in [-0.4, -0.2) is 37.6 Å². The Kier molecular flexibility index (Phi) is 4.41. The molecule has 1 saturated heterocycles. The average molecular weight is 436 g/mol. The highest BCUT2D eigenvalue weighted by Gasteiger charge is 2.25. The van der Waals surface area contributed by atoms with E-state index in [9.17, 15) is 9.59 Å². The van der Waals surface area contributed by atoms with Crippen LogP contribution >= 0.6 is 11.6 Å². The number of aromatic nitrogens is 4. The van der Waals surface area contributed by atoms with Crippen molar-refractivity contribution in [3.8, 4) is 6.07 Å². The van der Waals surface area contributed by atoms with Crippen LogP contribution in [0, 0.1) is 11.3 Å². The van der Waals surface area contributed by atoms with Crippen molar-refractivity contribution in [1.29, 1.82) is 5.26 Å². The summed E-state index contributed by atoms with van der Waals surface area (Å²) >= 11 is 6.23. The van der Waals surface area contributed by atoms with Crippen molar-refractivity contribution in [2.75, 3.05) is 10.6 Å². The molecule has 1 saturated carbocycles. The van der Waals surface area contributed by atoms with Gasteiger partial charge in [-0.1, -0.05) is 11.6 Å². The van der Waals surface area contributed by atoms with Crippen LogP contribution in [0.1, 0.15) is 24.0 Å². The van der Waals surface area contributed by atoms with Gasteiger partial charge in [-0.3, -0.25) is 10.1 Å². The van der Waals surface area contributed by atoms with Crippen molar-refractivity contribution in [3.63, 3.8) is 0 Å². The van der Waals surface area contributed by atoms with E-state index in [1.54, 1.807) is 16.8 Å². The molecule has 3 aromatic rings. The number of urea groups is 1. The number of nitriles is 1. The maximum atomic E-state index is 11.9. The third-order valence-corrected chi connectivity index (χ3v) is 4.95. The third-order valence-electron chi connectivity index (χ3n) is 4.66. The maximum absolute atomic E-state index is 11.9. The minimum atomic E-state index is -0.583. The van der Waals surface area contributed by atoms with Crippen LogP contribution in [0.4, 0.5) is 22.2 Å². The van der Waals surface area contributed by atoms with Gasteiger partial charge in [0.05, 0.1) is 16.8 Å². The predicted octanol–water partition coefficient (Wildman–Crippen LogP) is 2.15. The van der Waals surface area contributed by atoms with Crippen molar-refractivity contribution in [3.05, 3.63) is 46.4 Å². The molecule has 0 radical (unpaired) electrons. The number of halogens is 1. The van der Waals surface area contributed by atoms with Crippen molar-refractivity contribution >= 4 is 52.7 Å². The Balaban J connectivity index is 1.57. The molecule has 31 heavy (non-hydrogen) atoms. The topological polar surface area (TPSA) is 149 Å². The molecule has 3 amide bonds. The quantitative estimate of drug-likeness (QED) is 0.351. The lowest BCUT2D eigenvalue weighted by Crippen LogP contribution is -2.22. The number of nitrogens with one attached hydrogen (secondary N) is 4. The molecular weight excluding hydrogens is 422 g/mol. The Bertz CT molecular complexity index is 1320. The van der Waals surface area contributed by atoms with E-state index in [2.05, 4.69) is 36.3 Å². The normalized spacial score (nSPS) is 16.8. The molecule has 2 aliphatic rings. The second kappa shape index (κ2) is 7.26. The number of hydrogen-bond donors (Lipinski definition) is 4. The van der Waals surface area contributed by atoms with E-state index in [-0.39, 0.29) is 10.7 Å². The fourth-order valence-electron chi connectivity index (χ4n) is 3.04. The molecule has 1 aliphatic carbocycles. The molecule has 0 aromatic carbocycles. The molecule has 154 valence electrons. The zero-order valence-electron chi connectivity index (χ0n) is 15.8. The van der Waals surface area contributed by atoms with Gasteiger partial charge in [0.15, 0.2) is 5.65 Å². The summed E-state index contributed by atoms with van der Waals surface area (Å²) in [7, 11) is 0. The minimum Gasteiger partial charge on any atom is -0.367 e. The lowest BCUT2D eigenvalue weighted by molar-refractivity contribution is -0.115. The maximum Gasteiger partial charge on any atom is 0.326 e. The number of fused-ring (bicyclic) bond motifs is 1. The summed E-state index contributed by atoms with van der Waals surface area (Å²) in [6.07, 6.45) is 6.58. The Morgan fingerprint density at radius 1 is 1.26 bits per heavy atom. The molecule has 0 atom stereocenters. The van der Waals surface area contributed by atoms with Crippen molar-refractivity contribution < 1.29 is 9.59 Å². The molecule has 4 N–H and O–H groups in total. The molecule has 0 bridgehead atoms. The molecule has 2 fully saturated rings. The number of rotatable bonds is 5. The third kappa shape index (κ3) is 3.72. The van der Waals surface area contributed by atoms with Crippen LogP contribution in [-0.2, 0) is 4.79 Å². The Hall–Kier alpha value is -4.17. The fraction of sp³-hybridized carbons (Fsp3) is 0.158. The standard InChI is InChI=1S/C19H14ClN9O2/c20-12-3-9(6-21)7-22-16(12)26-14-5-15(24-11-1-2-11)29-17(27-14)10(8-23-29)4-13-18(30)28-19(31)25-13/h3-5,7-8,11,24H,1-2H2,(H,22,26,27)(H2,25,28,30,31)/b13-4-. The van der Waals surface area contributed by atoms with E-state index in [1.807, 2.05) is 6.07 Å². The Morgan fingerprint density at radius 2 is 2.10 bits per heavy atom. The molecule has 12 heteroatoms. The van der Waals surface area contributed by atoms with Gasteiger partial charge in [-0.15, -0.1) is 0 Å². The lowest BCUT2D eigenvalue weighted by Gasteiger charge is -2.12. The lowest BCUT2D eigenvalue weighted by atomic mass is 10.2. The molecule has 0 spiro atoms. The zero-order chi connectivity index (χ0) is 21.5. The molecule has 0 unspecified atom stereocenters. The van der Waals surface area contributed by atoms with Crippen LogP contribution in [0.25, 0.3) is 11.7 Å². The SMILES string of the molecule is N#Cc1cnc(Nc2cc(NC3CC3)n3ncc(/C=C4\NC(=O)NC4=O)c3n2)c(Cl)c1. The van der Waals surface area contributed by atoms with Gasteiger partial charge in [0.2, 0.25) is 0 Å². The van der Waals surface area contributed by atoms with Crippen molar-refractivity contribution in [1.82, 2.24) is 30.2 Å². The van der Waals surface area contributed by atoms with Gasteiger partial charge >= 0.3 is 6.03 Å². The summed E-state index contributed by atoms with van der Waals surface area (Å²) in [5.74, 6) is 0.958. The predicted molar refractivity (Wildman–Crippen MR) is 112 cm³/mol. The van der Waals surface area contributed by atoms with Crippen LogP contribution in [0.15, 0.2) is 30.2 Å². The van der Waals surface area contributed by atoms with Gasteiger partial charge < -0.3 is 16.0 Å². The van der Waals surface area contributed by atoms with E-state index >= 15 is 0 Å². The smallest absolute Gasteiger partial charge is 0.326 e. The first-order chi connectivity index (χ1) is 15.0. The molecule has 4 heterocycles. The summed E-state index contributed by atoms with van der Waals surface area (Å²) < 4.78 is 1.62. The summed E-state index contributed by atoms with van der Waals surface area (Å²) in [5, 5.41) is 24.7. The van der Waals surface area contributed by atoms with E-state index in [1.165, 1.54) is 18.3 Å². The monoisotopic (exact) mass is 435 g/mol. The largest absolute Gasteiger partial charge is 0.367 e. The van der Waals surface area contributed by atoms with E-state index < -0.39 is 11.9 Å². The number of pyridine rings is 1. The zero-order valence-corrected chi connectivity index (χ0v) is 16.6. The van der Waals surface area contributed by atoms with Gasteiger partial charge in [0.1, 0.15) is 29.2 Å². The van der Waals surface area contributed by atoms with Crippen molar-refractivity contribution in [2.45, 2.75) is 18.9 Å². The van der Waals surface area contributed by atoms with E-state index in [0.29, 0.717) is 40.3 Å². The number of nitrogens with zero attached hydrogens (tertiary/aromatic N) is 5. The summed E-state index contributed by atoms with van der Waals surface area (Å²) in [5.41, 5.74) is 1.44. The summed E-state index contributed by atoms with van der Waals surface area (Å²) in [6.45, 7) is 0. The highest BCUT2D eigenvalue weighted by Crippen LogP contribution is 2.29. The Morgan fingerprint density at radius 3 is 2.77 bits per heavy atom. The van der Waals surface area contributed by atoms with Crippen LogP contribution in [0.5, 0.6) is 0 Å².